The van der Waals surface area contributed by atoms with E-state index in [0.29, 0.717) is 58.1 Å². The molecule has 0 spiro atoms. The number of nitrogens with one attached hydrogen (secondary N) is 2. The number of carboxylic acids is 1. The summed E-state index contributed by atoms with van der Waals surface area (Å²) in [5, 5.41) is 15.2. The quantitative estimate of drug-likeness (QED) is 0.198. The highest BCUT2D eigenvalue weighted by Gasteiger charge is 2.14. The van der Waals surface area contributed by atoms with Gasteiger partial charge in [-0.1, -0.05) is 18.2 Å². The van der Waals surface area contributed by atoms with E-state index in [4.69, 9.17) is 25.1 Å². The van der Waals surface area contributed by atoms with Crippen molar-refractivity contribution in [2.45, 2.75) is 18.9 Å². The van der Waals surface area contributed by atoms with Crippen molar-refractivity contribution in [1.29, 1.82) is 0 Å². The smallest absolute Gasteiger partial charge is 0.323 e. The van der Waals surface area contributed by atoms with Crippen LogP contribution in [0.2, 0.25) is 0 Å². The molecule has 196 valence electrons. The van der Waals surface area contributed by atoms with Crippen molar-refractivity contribution in [2.24, 2.45) is 5.73 Å². The lowest BCUT2D eigenvalue weighted by atomic mass is 10.1. The van der Waals surface area contributed by atoms with Crippen LogP contribution in [0.1, 0.15) is 12.8 Å². The van der Waals surface area contributed by atoms with E-state index < -0.39 is 12.0 Å². The number of aromatic nitrogens is 1. The van der Waals surface area contributed by atoms with Crippen LogP contribution in [0.25, 0.3) is 10.9 Å². The number of methoxy groups -OCH3 is 1. The molecule has 0 fully saturated rings. The van der Waals surface area contributed by atoms with Gasteiger partial charge >= 0.3 is 12.0 Å². The van der Waals surface area contributed by atoms with Crippen molar-refractivity contribution in [3.05, 3.63) is 79.0 Å². The number of amides is 2. The number of hydrogen-bond acceptors (Lipinski definition) is 7. The topological polar surface area (TPSA) is 145 Å². The van der Waals surface area contributed by atoms with Crippen molar-refractivity contribution in [3.63, 3.8) is 0 Å². The molecule has 0 aliphatic heterocycles. The van der Waals surface area contributed by atoms with Crippen LogP contribution in [0.15, 0.2) is 79.0 Å². The second kappa shape index (κ2) is 12.4. The van der Waals surface area contributed by atoms with Crippen LogP contribution in [0.4, 0.5) is 16.2 Å². The number of ether oxygens (including phenoxy) is 3. The molecule has 0 saturated heterocycles. The van der Waals surface area contributed by atoms with E-state index in [1.165, 1.54) is 7.11 Å². The Morgan fingerprint density at radius 2 is 1.66 bits per heavy atom. The highest BCUT2D eigenvalue weighted by atomic mass is 16.5. The highest BCUT2D eigenvalue weighted by Crippen LogP contribution is 2.37. The number of para-hydroxylation sites is 1. The molecule has 0 bridgehead atoms. The fourth-order valence-electron chi connectivity index (χ4n) is 3.65. The summed E-state index contributed by atoms with van der Waals surface area (Å²) < 4.78 is 17.4. The number of carbonyl (C=O) groups is 2. The highest BCUT2D eigenvalue weighted by molar-refractivity contribution is 5.99. The molecule has 4 aromatic rings. The Kier molecular flexibility index (Phi) is 8.57. The molecule has 38 heavy (non-hydrogen) atoms. The van der Waals surface area contributed by atoms with Gasteiger partial charge in [0.05, 0.1) is 19.2 Å². The van der Waals surface area contributed by atoms with Crippen molar-refractivity contribution < 1.29 is 28.9 Å². The molecule has 0 aliphatic carbocycles. The first-order valence-corrected chi connectivity index (χ1v) is 11.9. The number of benzene rings is 3. The Balaban J connectivity index is 1.42. The molecule has 3 aromatic carbocycles. The SMILES string of the molecule is COc1cc2c(Oc3ccc(NC(=O)Nc4ccccc4)cc3)ccnc2cc1OCCC[C@H](N)C(=O)O. The van der Waals surface area contributed by atoms with E-state index in [1.807, 2.05) is 18.2 Å². The van der Waals surface area contributed by atoms with Gasteiger partial charge in [-0.15, -0.1) is 0 Å². The van der Waals surface area contributed by atoms with E-state index >= 15 is 0 Å². The molecule has 0 radical (unpaired) electrons. The summed E-state index contributed by atoms with van der Waals surface area (Å²) in [5.74, 6) is 1.07. The number of fused-ring (bicyclic) bond motifs is 1. The number of anilines is 2. The lowest BCUT2D eigenvalue weighted by Crippen LogP contribution is -2.30. The normalized spacial score (nSPS) is 11.4. The minimum Gasteiger partial charge on any atom is -0.493 e. The van der Waals surface area contributed by atoms with Crippen LogP contribution < -0.4 is 30.6 Å². The van der Waals surface area contributed by atoms with Crippen LogP contribution in [0.5, 0.6) is 23.0 Å². The molecule has 2 amide bonds. The van der Waals surface area contributed by atoms with Crippen molar-refractivity contribution in [2.75, 3.05) is 24.4 Å². The number of nitrogens with zero attached hydrogens (tertiary/aromatic N) is 1. The summed E-state index contributed by atoms with van der Waals surface area (Å²) in [6.07, 6.45) is 2.40. The van der Waals surface area contributed by atoms with E-state index in [2.05, 4.69) is 15.6 Å². The first kappa shape index (κ1) is 26.2. The zero-order valence-electron chi connectivity index (χ0n) is 20.7. The molecule has 0 saturated carbocycles. The van der Waals surface area contributed by atoms with Gasteiger partial charge < -0.3 is 35.7 Å². The Morgan fingerprint density at radius 1 is 0.947 bits per heavy atom. The van der Waals surface area contributed by atoms with E-state index in [-0.39, 0.29) is 12.6 Å². The molecular formula is C28H28N4O6. The maximum atomic E-state index is 12.2. The predicted molar refractivity (Wildman–Crippen MR) is 144 cm³/mol. The van der Waals surface area contributed by atoms with Crippen LogP contribution in [-0.2, 0) is 4.79 Å². The van der Waals surface area contributed by atoms with Gasteiger partial charge in [-0.2, -0.15) is 0 Å². The fraction of sp³-hybridized carbons (Fsp3) is 0.179. The average molecular weight is 517 g/mol. The predicted octanol–water partition coefficient (Wildman–Crippen LogP) is 5.25. The third-order valence-corrected chi connectivity index (χ3v) is 5.59. The Bertz CT molecular complexity index is 1400. The van der Waals surface area contributed by atoms with Crippen LogP contribution >= 0.6 is 0 Å². The van der Waals surface area contributed by atoms with Crippen LogP contribution in [0.3, 0.4) is 0 Å². The molecule has 5 N–H and O–H groups in total. The number of urea groups is 1. The van der Waals surface area contributed by atoms with E-state index in [1.54, 1.807) is 60.8 Å². The van der Waals surface area contributed by atoms with Crippen molar-refractivity contribution in [1.82, 2.24) is 4.98 Å². The summed E-state index contributed by atoms with van der Waals surface area (Å²) in [7, 11) is 1.53. The summed E-state index contributed by atoms with van der Waals surface area (Å²) in [4.78, 5) is 27.5. The van der Waals surface area contributed by atoms with Gasteiger partial charge in [0.1, 0.15) is 17.5 Å². The number of aliphatic carboxylic acids is 1. The number of carbonyl (C=O) groups excluding carboxylic acids is 1. The summed E-state index contributed by atoms with van der Waals surface area (Å²) in [6, 6.07) is 20.2. The molecule has 4 rings (SSSR count). The van der Waals surface area contributed by atoms with Gasteiger partial charge in [-0.25, -0.2) is 4.79 Å². The van der Waals surface area contributed by atoms with Gasteiger partial charge in [-0.05, 0) is 61.4 Å². The molecular weight excluding hydrogens is 488 g/mol. The molecule has 0 aliphatic rings. The number of carboxylic acid groups (broad SMARTS) is 1. The third-order valence-electron chi connectivity index (χ3n) is 5.59. The van der Waals surface area contributed by atoms with Crippen molar-refractivity contribution in [3.8, 4) is 23.0 Å². The number of pyridine rings is 1. The zero-order chi connectivity index (χ0) is 26.9. The zero-order valence-corrected chi connectivity index (χ0v) is 20.7. The lowest BCUT2D eigenvalue weighted by molar-refractivity contribution is -0.138. The molecule has 1 aromatic heterocycles. The largest absolute Gasteiger partial charge is 0.493 e. The molecule has 1 atom stereocenters. The average Bonchev–Trinajstić information content (AvgIpc) is 2.92. The van der Waals surface area contributed by atoms with Gasteiger partial charge in [0.25, 0.3) is 0 Å². The third kappa shape index (κ3) is 6.89. The monoisotopic (exact) mass is 516 g/mol. The second-order valence-corrected chi connectivity index (χ2v) is 8.34. The summed E-state index contributed by atoms with van der Waals surface area (Å²) in [6.45, 7) is 0.281. The van der Waals surface area contributed by atoms with Gasteiger partial charge in [0.15, 0.2) is 11.5 Å². The second-order valence-electron chi connectivity index (χ2n) is 8.34. The number of rotatable bonds is 11. The van der Waals surface area contributed by atoms with Gasteiger partial charge in [0.2, 0.25) is 0 Å². The Labute approximate surface area is 219 Å². The van der Waals surface area contributed by atoms with Gasteiger partial charge in [0, 0.05) is 29.0 Å². The Morgan fingerprint density at radius 3 is 2.34 bits per heavy atom. The maximum absolute atomic E-state index is 12.2. The fourth-order valence-corrected chi connectivity index (χ4v) is 3.65. The van der Waals surface area contributed by atoms with Gasteiger partial charge in [-0.3, -0.25) is 9.78 Å². The number of hydrogen-bond donors (Lipinski definition) is 4. The standard InChI is InChI=1S/C28H28N4O6/c1-36-25-16-21-23(17-26(25)37-15-5-8-22(29)27(33)34)30-14-13-24(21)38-20-11-9-19(10-12-20)32-28(35)31-18-6-3-2-4-7-18/h2-4,6-7,9-14,16-17,22H,5,8,15,29H2,1H3,(H,33,34)(H2,31,32,35)/t22-/m0/s1. The van der Waals surface area contributed by atoms with Crippen LogP contribution in [0, 0.1) is 0 Å². The molecule has 0 unspecified atom stereocenters. The maximum Gasteiger partial charge on any atom is 0.323 e. The Hall–Kier alpha value is -4.83. The summed E-state index contributed by atoms with van der Waals surface area (Å²) in [5.41, 5.74) is 7.48. The minimum atomic E-state index is -1.04. The molecule has 10 heteroatoms. The molecule has 1 heterocycles. The van der Waals surface area contributed by atoms with Crippen LogP contribution in [-0.4, -0.2) is 41.8 Å². The minimum absolute atomic E-state index is 0.281. The van der Waals surface area contributed by atoms with E-state index in [0.717, 1.165) is 0 Å². The first-order chi connectivity index (χ1) is 18.4. The summed E-state index contributed by atoms with van der Waals surface area (Å²) >= 11 is 0. The lowest BCUT2D eigenvalue weighted by Gasteiger charge is -2.14. The van der Waals surface area contributed by atoms with Crippen molar-refractivity contribution >= 4 is 34.3 Å². The van der Waals surface area contributed by atoms with E-state index in [9.17, 15) is 9.59 Å². The first-order valence-electron chi connectivity index (χ1n) is 11.9. The number of nitrogens with two attached hydrogens (primary N) is 1. The molecule has 10 nitrogen and oxygen atoms in total.